The molecule has 1 aromatic carbocycles. The zero-order valence-corrected chi connectivity index (χ0v) is 12.2. The third-order valence-corrected chi connectivity index (χ3v) is 5.49. The molecule has 6 heteroatoms. The minimum Gasteiger partial charge on any atom is -0.493 e. The van der Waals surface area contributed by atoms with Crippen LogP contribution in [0, 0.1) is 5.92 Å². The molecule has 5 nitrogen and oxygen atoms in total. The van der Waals surface area contributed by atoms with Gasteiger partial charge in [-0.1, -0.05) is 18.2 Å². The lowest BCUT2D eigenvalue weighted by Crippen LogP contribution is -2.42. The summed E-state index contributed by atoms with van der Waals surface area (Å²) in [5, 5.41) is 0. The molecule has 0 aromatic heterocycles. The van der Waals surface area contributed by atoms with Crippen LogP contribution in [0.25, 0.3) is 0 Å². The van der Waals surface area contributed by atoms with E-state index in [1.807, 2.05) is 24.3 Å². The highest BCUT2D eigenvalue weighted by Crippen LogP contribution is 2.26. The number of para-hydroxylation sites is 1. The second-order valence-electron chi connectivity index (χ2n) is 5.45. The number of nitrogens with one attached hydrogen (secondary N) is 1. The monoisotopic (exact) mass is 296 g/mol. The molecule has 2 aliphatic heterocycles. The Bertz CT molecular complexity index is 568. The zero-order chi connectivity index (χ0) is 14.0. The van der Waals surface area contributed by atoms with E-state index < -0.39 is 10.2 Å². The first-order valence-electron chi connectivity index (χ1n) is 7.10. The molecule has 0 unspecified atom stereocenters. The van der Waals surface area contributed by atoms with Crippen molar-refractivity contribution in [1.82, 2.24) is 9.03 Å². The zero-order valence-electron chi connectivity index (χ0n) is 11.4. The van der Waals surface area contributed by atoms with Crippen LogP contribution in [0.2, 0.25) is 0 Å². The van der Waals surface area contributed by atoms with Gasteiger partial charge in [-0.2, -0.15) is 12.7 Å². The predicted molar refractivity (Wildman–Crippen MR) is 76.9 cm³/mol. The lowest BCUT2D eigenvalue weighted by Gasteiger charge is -2.26. The van der Waals surface area contributed by atoms with Crippen molar-refractivity contribution in [2.45, 2.75) is 19.3 Å². The SMILES string of the molecule is O=S(=O)(NC[C@@H]1COc2ccccc2C1)N1CCCC1. The molecule has 0 bridgehead atoms. The van der Waals surface area contributed by atoms with Crippen LogP contribution in [-0.2, 0) is 16.6 Å². The number of rotatable bonds is 4. The van der Waals surface area contributed by atoms with Crippen LogP contribution < -0.4 is 9.46 Å². The molecule has 1 N–H and O–H groups in total. The Morgan fingerprint density at radius 3 is 2.80 bits per heavy atom. The van der Waals surface area contributed by atoms with Gasteiger partial charge in [0.25, 0.3) is 10.2 Å². The molecular weight excluding hydrogens is 276 g/mol. The van der Waals surface area contributed by atoms with Crippen LogP contribution >= 0.6 is 0 Å². The summed E-state index contributed by atoms with van der Waals surface area (Å²) in [5.74, 6) is 1.12. The maximum Gasteiger partial charge on any atom is 0.279 e. The molecule has 0 saturated carbocycles. The summed E-state index contributed by atoms with van der Waals surface area (Å²) in [7, 11) is -3.31. The number of hydrogen-bond acceptors (Lipinski definition) is 3. The van der Waals surface area contributed by atoms with Crippen LogP contribution in [0.5, 0.6) is 5.75 Å². The molecule has 1 saturated heterocycles. The maximum absolute atomic E-state index is 12.1. The largest absolute Gasteiger partial charge is 0.493 e. The van der Waals surface area contributed by atoms with Gasteiger partial charge in [0.1, 0.15) is 5.75 Å². The van der Waals surface area contributed by atoms with Crippen LogP contribution in [0.15, 0.2) is 24.3 Å². The van der Waals surface area contributed by atoms with Crippen molar-refractivity contribution in [3.8, 4) is 5.75 Å². The molecule has 0 radical (unpaired) electrons. The molecule has 0 aliphatic carbocycles. The van der Waals surface area contributed by atoms with Gasteiger partial charge in [-0.05, 0) is 30.9 Å². The maximum atomic E-state index is 12.1. The van der Waals surface area contributed by atoms with E-state index >= 15 is 0 Å². The van der Waals surface area contributed by atoms with E-state index in [1.165, 1.54) is 4.31 Å². The predicted octanol–water partition coefficient (Wildman–Crippen LogP) is 1.17. The fraction of sp³-hybridized carbons (Fsp3) is 0.571. The lowest BCUT2D eigenvalue weighted by atomic mass is 9.97. The Kier molecular flexibility index (Phi) is 3.96. The molecule has 110 valence electrons. The van der Waals surface area contributed by atoms with Gasteiger partial charge in [-0.25, -0.2) is 4.72 Å². The topological polar surface area (TPSA) is 58.6 Å². The third kappa shape index (κ3) is 2.97. The fourth-order valence-electron chi connectivity index (χ4n) is 2.76. The Morgan fingerprint density at radius 1 is 1.25 bits per heavy atom. The molecule has 0 amide bonds. The number of fused-ring (bicyclic) bond motifs is 1. The number of hydrogen-bond donors (Lipinski definition) is 1. The van der Waals surface area contributed by atoms with Crippen molar-refractivity contribution in [1.29, 1.82) is 0 Å². The van der Waals surface area contributed by atoms with E-state index in [0.717, 1.165) is 30.6 Å². The summed E-state index contributed by atoms with van der Waals surface area (Å²) in [6.07, 6.45) is 2.78. The Hall–Kier alpha value is -1.11. The van der Waals surface area contributed by atoms with Gasteiger partial charge >= 0.3 is 0 Å². The van der Waals surface area contributed by atoms with Crippen molar-refractivity contribution >= 4 is 10.2 Å². The average Bonchev–Trinajstić information content (AvgIpc) is 3.00. The average molecular weight is 296 g/mol. The van der Waals surface area contributed by atoms with Crippen LogP contribution in [0.1, 0.15) is 18.4 Å². The summed E-state index contributed by atoms with van der Waals surface area (Å²) in [5.41, 5.74) is 1.16. The van der Waals surface area contributed by atoms with Gasteiger partial charge in [-0.15, -0.1) is 0 Å². The molecule has 2 heterocycles. The van der Waals surface area contributed by atoms with Gasteiger partial charge in [0.2, 0.25) is 0 Å². The molecule has 1 atom stereocenters. The number of nitrogens with zero attached hydrogens (tertiary/aromatic N) is 1. The molecule has 3 rings (SSSR count). The van der Waals surface area contributed by atoms with Gasteiger partial charge < -0.3 is 4.74 Å². The van der Waals surface area contributed by atoms with Gasteiger partial charge in [-0.3, -0.25) is 0 Å². The normalized spacial score (nSPS) is 23.3. The molecule has 20 heavy (non-hydrogen) atoms. The number of benzene rings is 1. The van der Waals surface area contributed by atoms with E-state index in [4.69, 9.17) is 4.74 Å². The van der Waals surface area contributed by atoms with E-state index in [0.29, 0.717) is 26.2 Å². The Labute approximate surface area is 120 Å². The van der Waals surface area contributed by atoms with Crippen molar-refractivity contribution in [3.63, 3.8) is 0 Å². The fourth-order valence-corrected chi connectivity index (χ4v) is 4.13. The second kappa shape index (κ2) is 5.71. The van der Waals surface area contributed by atoms with Gasteiger partial charge in [0.15, 0.2) is 0 Å². The van der Waals surface area contributed by atoms with E-state index in [9.17, 15) is 8.42 Å². The standard InChI is InChI=1S/C14H20N2O3S/c17-20(18,16-7-3-4-8-16)15-10-12-9-13-5-1-2-6-14(13)19-11-12/h1-2,5-6,12,15H,3-4,7-11H2/t12-/m1/s1. The molecular formula is C14H20N2O3S. The minimum atomic E-state index is -3.31. The van der Waals surface area contributed by atoms with Gasteiger partial charge in [0.05, 0.1) is 6.61 Å². The first-order chi connectivity index (χ1) is 9.65. The third-order valence-electron chi connectivity index (χ3n) is 3.92. The van der Waals surface area contributed by atoms with Crippen LogP contribution in [0.3, 0.4) is 0 Å². The summed E-state index contributed by atoms with van der Waals surface area (Å²) >= 11 is 0. The summed E-state index contributed by atoms with van der Waals surface area (Å²) in [6.45, 7) is 2.28. The first-order valence-corrected chi connectivity index (χ1v) is 8.54. The van der Waals surface area contributed by atoms with E-state index in [-0.39, 0.29) is 5.92 Å². The highest BCUT2D eigenvalue weighted by atomic mass is 32.2. The molecule has 1 fully saturated rings. The van der Waals surface area contributed by atoms with Crippen LogP contribution in [-0.4, -0.2) is 39.0 Å². The highest BCUT2D eigenvalue weighted by molar-refractivity contribution is 7.87. The quantitative estimate of drug-likeness (QED) is 0.907. The van der Waals surface area contributed by atoms with Gasteiger partial charge in [0, 0.05) is 25.6 Å². The van der Waals surface area contributed by atoms with Crippen LogP contribution in [0.4, 0.5) is 0 Å². The molecule has 1 aromatic rings. The van der Waals surface area contributed by atoms with E-state index in [2.05, 4.69) is 4.72 Å². The Morgan fingerprint density at radius 2 is 2.00 bits per heavy atom. The lowest BCUT2D eigenvalue weighted by molar-refractivity contribution is 0.223. The second-order valence-corrected chi connectivity index (χ2v) is 7.20. The minimum absolute atomic E-state index is 0.197. The molecule has 2 aliphatic rings. The van der Waals surface area contributed by atoms with Crippen molar-refractivity contribution < 1.29 is 13.2 Å². The Balaban J connectivity index is 1.57. The summed E-state index contributed by atoms with van der Waals surface area (Å²) in [4.78, 5) is 0. The first kappa shape index (κ1) is 13.9. The summed E-state index contributed by atoms with van der Waals surface area (Å²) in [6, 6.07) is 7.94. The van der Waals surface area contributed by atoms with Crippen molar-refractivity contribution in [2.75, 3.05) is 26.2 Å². The summed E-state index contributed by atoms with van der Waals surface area (Å²) < 4.78 is 34.1. The number of ether oxygens (including phenoxy) is 1. The molecule has 0 spiro atoms. The van der Waals surface area contributed by atoms with E-state index in [1.54, 1.807) is 0 Å². The van der Waals surface area contributed by atoms with Crippen molar-refractivity contribution in [2.24, 2.45) is 5.92 Å². The smallest absolute Gasteiger partial charge is 0.279 e. The highest BCUT2D eigenvalue weighted by Gasteiger charge is 2.27. The van der Waals surface area contributed by atoms with Crippen molar-refractivity contribution in [3.05, 3.63) is 29.8 Å².